The monoisotopic (exact) mass is 221 g/mol. The highest BCUT2D eigenvalue weighted by atomic mass is 16.4. The van der Waals surface area contributed by atoms with Crippen molar-refractivity contribution in [2.45, 2.75) is 26.7 Å². The molecular formula is C12H15NO3. The Labute approximate surface area is 94.3 Å². The van der Waals surface area contributed by atoms with Crippen molar-refractivity contribution in [2.24, 2.45) is 0 Å². The zero-order chi connectivity index (χ0) is 12.3. The summed E-state index contributed by atoms with van der Waals surface area (Å²) < 4.78 is 0. The summed E-state index contributed by atoms with van der Waals surface area (Å²) in [6.45, 7) is 5.25. The highest BCUT2D eigenvalue weighted by molar-refractivity contribution is 5.92. The summed E-state index contributed by atoms with van der Waals surface area (Å²) in [7, 11) is 0. The number of carboxylic acids is 1. The lowest BCUT2D eigenvalue weighted by molar-refractivity contribution is -0.114. The predicted octanol–water partition coefficient (Wildman–Crippen LogP) is 2.47. The Balaban J connectivity index is 3.17. The van der Waals surface area contributed by atoms with Crippen LogP contribution in [0.1, 0.15) is 42.6 Å². The van der Waals surface area contributed by atoms with Crippen LogP contribution in [0.25, 0.3) is 0 Å². The van der Waals surface area contributed by atoms with Gasteiger partial charge in [0.05, 0.1) is 5.56 Å². The fourth-order valence-corrected chi connectivity index (χ4v) is 1.52. The maximum Gasteiger partial charge on any atom is 0.335 e. The molecule has 2 N–H and O–H groups in total. The number of hydrogen-bond acceptors (Lipinski definition) is 2. The van der Waals surface area contributed by atoms with E-state index in [4.69, 9.17) is 5.11 Å². The number of rotatable bonds is 3. The average molecular weight is 221 g/mol. The van der Waals surface area contributed by atoms with E-state index in [1.54, 1.807) is 12.1 Å². The lowest BCUT2D eigenvalue weighted by Gasteiger charge is -2.12. The minimum absolute atomic E-state index is 0.0970. The Morgan fingerprint density at radius 3 is 2.38 bits per heavy atom. The first-order valence-electron chi connectivity index (χ1n) is 5.06. The van der Waals surface area contributed by atoms with Gasteiger partial charge in [-0.3, -0.25) is 4.79 Å². The van der Waals surface area contributed by atoms with E-state index in [-0.39, 0.29) is 17.4 Å². The lowest BCUT2D eigenvalue weighted by atomic mass is 9.96. The Hall–Kier alpha value is -1.84. The van der Waals surface area contributed by atoms with Crippen molar-refractivity contribution in [1.82, 2.24) is 0 Å². The van der Waals surface area contributed by atoms with Crippen molar-refractivity contribution in [1.29, 1.82) is 0 Å². The van der Waals surface area contributed by atoms with Gasteiger partial charge < -0.3 is 10.4 Å². The van der Waals surface area contributed by atoms with Crippen molar-refractivity contribution in [3.8, 4) is 0 Å². The van der Waals surface area contributed by atoms with Gasteiger partial charge in [0.15, 0.2) is 0 Å². The number of carboxylic acid groups (broad SMARTS) is 1. The largest absolute Gasteiger partial charge is 0.478 e. The van der Waals surface area contributed by atoms with Crippen LogP contribution in [0, 0.1) is 0 Å². The third-order valence-corrected chi connectivity index (χ3v) is 2.22. The second-order valence-corrected chi connectivity index (χ2v) is 3.94. The molecule has 0 radical (unpaired) electrons. The molecule has 0 fully saturated rings. The normalized spacial score (nSPS) is 10.2. The Morgan fingerprint density at radius 2 is 1.94 bits per heavy atom. The number of aromatic carboxylic acids is 1. The van der Waals surface area contributed by atoms with E-state index in [1.807, 2.05) is 13.8 Å². The van der Waals surface area contributed by atoms with Crippen LogP contribution in [0.3, 0.4) is 0 Å². The molecule has 0 aliphatic heterocycles. The first-order valence-corrected chi connectivity index (χ1v) is 5.06. The van der Waals surface area contributed by atoms with Crippen molar-refractivity contribution >= 4 is 17.6 Å². The molecule has 4 nitrogen and oxygen atoms in total. The first-order chi connectivity index (χ1) is 7.41. The molecule has 1 amide bonds. The zero-order valence-electron chi connectivity index (χ0n) is 9.57. The third kappa shape index (κ3) is 2.82. The topological polar surface area (TPSA) is 66.4 Å². The predicted molar refractivity (Wildman–Crippen MR) is 61.8 cm³/mol. The summed E-state index contributed by atoms with van der Waals surface area (Å²) in [5.41, 5.74) is 1.63. The summed E-state index contributed by atoms with van der Waals surface area (Å²) in [6.07, 6.45) is 0. The summed E-state index contributed by atoms with van der Waals surface area (Å²) in [5.74, 6) is -1.02. The van der Waals surface area contributed by atoms with Crippen LogP contribution < -0.4 is 5.32 Å². The van der Waals surface area contributed by atoms with E-state index in [2.05, 4.69) is 5.32 Å². The highest BCUT2D eigenvalue weighted by Gasteiger charge is 2.13. The van der Waals surface area contributed by atoms with E-state index in [1.165, 1.54) is 13.0 Å². The molecular weight excluding hydrogens is 206 g/mol. The molecule has 0 unspecified atom stereocenters. The maximum atomic E-state index is 11.0. The molecule has 0 saturated carbocycles. The van der Waals surface area contributed by atoms with Gasteiger partial charge in [-0.05, 0) is 29.7 Å². The standard InChI is InChI=1S/C12H15NO3/c1-7(2)11-6-9(13-8(3)14)4-5-10(11)12(15)16/h4-7H,1-3H3,(H,13,14)(H,15,16). The SMILES string of the molecule is CC(=O)Nc1ccc(C(=O)O)c(C(C)C)c1. The summed E-state index contributed by atoms with van der Waals surface area (Å²) in [4.78, 5) is 21.9. The average Bonchev–Trinajstić information content (AvgIpc) is 2.16. The van der Waals surface area contributed by atoms with Crippen molar-refractivity contribution in [3.05, 3.63) is 29.3 Å². The molecule has 1 aromatic rings. The molecule has 86 valence electrons. The fourth-order valence-electron chi connectivity index (χ4n) is 1.52. The molecule has 0 atom stereocenters. The van der Waals surface area contributed by atoms with E-state index in [0.29, 0.717) is 5.69 Å². The summed E-state index contributed by atoms with van der Waals surface area (Å²) in [6, 6.07) is 4.81. The van der Waals surface area contributed by atoms with Crippen molar-refractivity contribution in [3.63, 3.8) is 0 Å². The molecule has 0 saturated heterocycles. The van der Waals surface area contributed by atoms with Gasteiger partial charge in [-0.1, -0.05) is 13.8 Å². The van der Waals surface area contributed by atoms with Gasteiger partial charge in [0.25, 0.3) is 0 Å². The minimum atomic E-state index is -0.946. The Bertz CT molecular complexity index is 424. The number of amides is 1. The molecule has 0 aliphatic carbocycles. The van der Waals surface area contributed by atoms with Crippen LogP contribution in [0.4, 0.5) is 5.69 Å². The zero-order valence-corrected chi connectivity index (χ0v) is 9.57. The second-order valence-electron chi connectivity index (χ2n) is 3.94. The summed E-state index contributed by atoms with van der Waals surface area (Å²) >= 11 is 0. The van der Waals surface area contributed by atoms with Crippen LogP contribution in [-0.4, -0.2) is 17.0 Å². The molecule has 0 bridgehead atoms. The molecule has 1 rings (SSSR count). The lowest BCUT2D eigenvalue weighted by Crippen LogP contribution is -2.09. The molecule has 16 heavy (non-hydrogen) atoms. The number of nitrogens with one attached hydrogen (secondary N) is 1. The number of hydrogen-bond donors (Lipinski definition) is 2. The molecule has 4 heteroatoms. The Kier molecular flexibility index (Phi) is 3.66. The molecule has 1 aromatic carbocycles. The quantitative estimate of drug-likeness (QED) is 0.823. The molecule has 0 aliphatic rings. The molecule has 0 aromatic heterocycles. The van der Waals surface area contributed by atoms with Gasteiger partial charge in [-0.25, -0.2) is 4.79 Å². The van der Waals surface area contributed by atoms with Crippen LogP contribution in [0.5, 0.6) is 0 Å². The van der Waals surface area contributed by atoms with Crippen molar-refractivity contribution < 1.29 is 14.7 Å². The molecule has 0 spiro atoms. The maximum absolute atomic E-state index is 11.0. The van der Waals surface area contributed by atoms with Crippen LogP contribution in [0.2, 0.25) is 0 Å². The second kappa shape index (κ2) is 4.79. The number of carbonyl (C=O) groups excluding carboxylic acids is 1. The highest BCUT2D eigenvalue weighted by Crippen LogP contribution is 2.23. The van der Waals surface area contributed by atoms with Gasteiger partial charge in [0.1, 0.15) is 0 Å². The summed E-state index contributed by atoms with van der Waals surface area (Å²) in [5, 5.41) is 11.6. The van der Waals surface area contributed by atoms with E-state index in [0.717, 1.165) is 5.56 Å². The number of anilines is 1. The van der Waals surface area contributed by atoms with Gasteiger partial charge in [0, 0.05) is 12.6 Å². The van der Waals surface area contributed by atoms with Gasteiger partial charge in [-0.2, -0.15) is 0 Å². The van der Waals surface area contributed by atoms with Crippen molar-refractivity contribution in [2.75, 3.05) is 5.32 Å². The molecule has 0 heterocycles. The fraction of sp³-hybridized carbons (Fsp3) is 0.333. The third-order valence-electron chi connectivity index (χ3n) is 2.22. The van der Waals surface area contributed by atoms with E-state index >= 15 is 0 Å². The van der Waals surface area contributed by atoms with Gasteiger partial charge in [0.2, 0.25) is 5.91 Å². The Morgan fingerprint density at radius 1 is 1.31 bits per heavy atom. The number of benzene rings is 1. The first kappa shape index (κ1) is 12.2. The number of carbonyl (C=O) groups is 2. The van der Waals surface area contributed by atoms with Crippen LogP contribution in [-0.2, 0) is 4.79 Å². The minimum Gasteiger partial charge on any atom is -0.478 e. The van der Waals surface area contributed by atoms with Crippen LogP contribution in [0.15, 0.2) is 18.2 Å². The smallest absolute Gasteiger partial charge is 0.335 e. The van der Waals surface area contributed by atoms with E-state index < -0.39 is 5.97 Å². The van der Waals surface area contributed by atoms with Gasteiger partial charge in [-0.15, -0.1) is 0 Å². The van der Waals surface area contributed by atoms with E-state index in [9.17, 15) is 9.59 Å². The van der Waals surface area contributed by atoms with Gasteiger partial charge >= 0.3 is 5.97 Å². The van der Waals surface area contributed by atoms with Crippen LogP contribution >= 0.6 is 0 Å².